The van der Waals surface area contributed by atoms with Gasteiger partial charge in [-0.2, -0.15) is 0 Å². The molecular formula is C17H14O4. The minimum atomic E-state index is -1.33. The molecule has 0 unspecified atom stereocenters. The minimum absolute atomic E-state index is 0.0294. The van der Waals surface area contributed by atoms with Crippen LogP contribution in [0, 0.1) is 6.92 Å². The number of Topliss-reactive ketones (excluding diaryl/α,β-unsaturated/α-hetero) is 1. The Morgan fingerprint density at radius 1 is 1.00 bits per heavy atom. The number of carbonyl (C=O) groups excluding carboxylic acids is 1. The number of phenolic OH excluding ortho intramolecular Hbond substituents is 1. The van der Waals surface area contributed by atoms with Crippen molar-refractivity contribution in [3.8, 4) is 5.75 Å². The first-order valence-electron chi connectivity index (χ1n) is 6.33. The van der Waals surface area contributed by atoms with E-state index in [0.29, 0.717) is 5.56 Å². The Bertz CT molecular complexity index is 712. The van der Waals surface area contributed by atoms with Gasteiger partial charge in [0, 0.05) is 0 Å². The third-order valence-corrected chi connectivity index (χ3v) is 3.01. The lowest BCUT2D eigenvalue weighted by Gasteiger charge is -2.05. The molecule has 0 heterocycles. The van der Waals surface area contributed by atoms with Crippen molar-refractivity contribution in [1.82, 2.24) is 0 Å². The van der Waals surface area contributed by atoms with Crippen LogP contribution in [0.2, 0.25) is 0 Å². The summed E-state index contributed by atoms with van der Waals surface area (Å²) < 4.78 is 0. The van der Waals surface area contributed by atoms with Crippen LogP contribution in [-0.2, 0) is 4.79 Å². The third kappa shape index (κ3) is 3.36. The van der Waals surface area contributed by atoms with E-state index < -0.39 is 11.8 Å². The van der Waals surface area contributed by atoms with Crippen LogP contribution in [0.4, 0.5) is 0 Å². The summed E-state index contributed by atoms with van der Waals surface area (Å²) in [5.41, 5.74) is 1.23. The van der Waals surface area contributed by atoms with E-state index in [9.17, 15) is 19.8 Å². The molecule has 0 aromatic heterocycles. The number of hydrogen-bond donors (Lipinski definition) is 2. The number of carboxylic acids is 1. The molecule has 2 aromatic rings. The molecule has 0 amide bonds. The first-order chi connectivity index (χ1) is 9.99. The first kappa shape index (κ1) is 14.5. The van der Waals surface area contributed by atoms with E-state index in [1.807, 2.05) is 19.1 Å². The molecule has 21 heavy (non-hydrogen) atoms. The molecule has 0 fully saturated rings. The SMILES string of the molecule is Cc1ccc(/C=C(/C(=O)O)C(=O)c2ccccc2O)cc1. The number of carboxylic acid groups (broad SMARTS) is 1. The van der Waals surface area contributed by atoms with Crippen LogP contribution in [0.1, 0.15) is 21.5 Å². The smallest absolute Gasteiger partial charge is 0.339 e. The van der Waals surface area contributed by atoms with Crippen LogP contribution in [-0.4, -0.2) is 22.0 Å². The van der Waals surface area contributed by atoms with E-state index in [0.717, 1.165) is 5.56 Å². The lowest BCUT2D eigenvalue weighted by atomic mass is 10.00. The van der Waals surface area contributed by atoms with Gasteiger partial charge < -0.3 is 10.2 Å². The average Bonchev–Trinajstić information content (AvgIpc) is 2.46. The number of benzene rings is 2. The summed E-state index contributed by atoms with van der Waals surface area (Å²) in [4.78, 5) is 23.6. The second-order valence-corrected chi connectivity index (χ2v) is 4.62. The zero-order valence-electron chi connectivity index (χ0n) is 11.4. The Morgan fingerprint density at radius 3 is 2.19 bits per heavy atom. The van der Waals surface area contributed by atoms with Crippen molar-refractivity contribution >= 4 is 17.8 Å². The van der Waals surface area contributed by atoms with Gasteiger partial charge in [-0.05, 0) is 30.7 Å². The maximum Gasteiger partial charge on any atom is 0.339 e. The molecule has 0 radical (unpaired) electrons. The molecule has 2 aromatic carbocycles. The quantitative estimate of drug-likeness (QED) is 0.391. The third-order valence-electron chi connectivity index (χ3n) is 3.01. The van der Waals surface area contributed by atoms with E-state index in [4.69, 9.17) is 0 Å². The van der Waals surface area contributed by atoms with Crippen molar-refractivity contribution in [2.24, 2.45) is 0 Å². The molecule has 0 atom stereocenters. The van der Waals surface area contributed by atoms with Gasteiger partial charge in [-0.25, -0.2) is 4.79 Å². The number of rotatable bonds is 4. The fourth-order valence-electron chi connectivity index (χ4n) is 1.86. The van der Waals surface area contributed by atoms with Gasteiger partial charge in [0.15, 0.2) is 0 Å². The maximum atomic E-state index is 12.3. The van der Waals surface area contributed by atoms with Crippen molar-refractivity contribution < 1.29 is 19.8 Å². The zero-order chi connectivity index (χ0) is 15.4. The number of aryl methyl sites for hydroxylation is 1. The standard InChI is InChI=1S/C17H14O4/c1-11-6-8-12(9-7-11)10-14(17(20)21)16(19)13-4-2-3-5-15(13)18/h2-10,18H,1H3,(H,20,21)/b14-10+. The number of para-hydroxylation sites is 1. The van der Waals surface area contributed by atoms with Gasteiger partial charge in [-0.15, -0.1) is 0 Å². The number of hydrogen-bond acceptors (Lipinski definition) is 3. The summed E-state index contributed by atoms with van der Waals surface area (Å²) in [6.07, 6.45) is 1.30. The lowest BCUT2D eigenvalue weighted by Crippen LogP contribution is -2.12. The highest BCUT2D eigenvalue weighted by Crippen LogP contribution is 2.21. The molecule has 2 rings (SSSR count). The molecular weight excluding hydrogens is 268 g/mol. The van der Waals surface area contributed by atoms with E-state index in [1.165, 1.54) is 18.2 Å². The minimum Gasteiger partial charge on any atom is -0.507 e. The summed E-state index contributed by atoms with van der Waals surface area (Å²) in [5, 5.41) is 18.9. The average molecular weight is 282 g/mol. The van der Waals surface area contributed by atoms with Gasteiger partial charge in [-0.3, -0.25) is 4.79 Å². The van der Waals surface area contributed by atoms with E-state index >= 15 is 0 Å². The van der Waals surface area contributed by atoms with Gasteiger partial charge in [0.1, 0.15) is 11.3 Å². The Kier molecular flexibility index (Phi) is 4.18. The van der Waals surface area contributed by atoms with Crippen molar-refractivity contribution in [2.75, 3.05) is 0 Å². The van der Waals surface area contributed by atoms with Crippen molar-refractivity contribution in [3.05, 3.63) is 70.8 Å². The summed E-state index contributed by atoms with van der Waals surface area (Å²) in [7, 11) is 0. The Hall–Kier alpha value is -2.88. The normalized spacial score (nSPS) is 11.2. The molecule has 0 bridgehead atoms. The van der Waals surface area contributed by atoms with Gasteiger partial charge in [0.05, 0.1) is 5.56 Å². The van der Waals surface area contributed by atoms with Crippen LogP contribution in [0.3, 0.4) is 0 Å². The van der Waals surface area contributed by atoms with Crippen LogP contribution < -0.4 is 0 Å². The molecule has 0 saturated heterocycles. The number of carbonyl (C=O) groups is 2. The highest BCUT2D eigenvalue weighted by atomic mass is 16.4. The second-order valence-electron chi connectivity index (χ2n) is 4.62. The summed E-state index contributed by atoms with van der Waals surface area (Å²) >= 11 is 0. The number of ketones is 1. The molecule has 0 aliphatic heterocycles. The molecule has 0 spiro atoms. The fourth-order valence-corrected chi connectivity index (χ4v) is 1.86. The largest absolute Gasteiger partial charge is 0.507 e. The monoisotopic (exact) mass is 282 g/mol. The molecule has 4 nitrogen and oxygen atoms in total. The van der Waals surface area contributed by atoms with Crippen molar-refractivity contribution in [1.29, 1.82) is 0 Å². The van der Waals surface area contributed by atoms with Crippen LogP contribution in [0.25, 0.3) is 6.08 Å². The Balaban J connectivity index is 2.44. The van der Waals surface area contributed by atoms with Gasteiger partial charge in [-0.1, -0.05) is 42.0 Å². The van der Waals surface area contributed by atoms with E-state index in [1.54, 1.807) is 24.3 Å². The summed E-state index contributed by atoms with van der Waals surface area (Å²) in [5.74, 6) is -2.29. The van der Waals surface area contributed by atoms with Crippen molar-refractivity contribution in [2.45, 2.75) is 6.92 Å². The molecule has 0 aliphatic carbocycles. The van der Waals surface area contributed by atoms with Crippen LogP contribution >= 0.6 is 0 Å². The molecule has 0 saturated carbocycles. The Morgan fingerprint density at radius 2 is 1.62 bits per heavy atom. The van der Waals surface area contributed by atoms with E-state index in [2.05, 4.69) is 0 Å². The number of phenols is 1. The highest BCUT2D eigenvalue weighted by molar-refractivity contribution is 6.27. The lowest BCUT2D eigenvalue weighted by molar-refractivity contribution is -0.132. The van der Waals surface area contributed by atoms with E-state index in [-0.39, 0.29) is 16.9 Å². The number of aromatic hydroxyl groups is 1. The highest BCUT2D eigenvalue weighted by Gasteiger charge is 2.21. The summed E-state index contributed by atoms with van der Waals surface area (Å²) in [6.45, 7) is 1.92. The first-order valence-corrected chi connectivity index (χ1v) is 6.33. The van der Waals surface area contributed by atoms with Crippen LogP contribution in [0.15, 0.2) is 54.1 Å². The van der Waals surface area contributed by atoms with Gasteiger partial charge >= 0.3 is 5.97 Å². The molecule has 2 N–H and O–H groups in total. The predicted octanol–water partition coefficient (Wildman–Crippen LogP) is 3.05. The van der Waals surface area contributed by atoms with Crippen molar-refractivity contribution in [3.63, 3.8) is 0 Å². The number of aliphatic carboxylic acids is 1. The topological polar surface area (TPSA) is 74.6 Å². The zero-order valence-corrected chi connectivity index (χ0v) is 11.4. The molecule has 4 heteroatoms. The van der Waals surface area contributed by atoms with Crippen LogP contribution in [0.5, 0.6) is 5.75 Å². The molecule has 0 aliphatic rings. The summed E-state index contributed by atoms with van der Waals surface area (Å²) in [6, 6.07) is 13.0. The molecule has 106 valence electrons. The second kappa shape index (κ2) is 6.05. The maximum absolute atomic E-state index is 12.3. The predicted molar refractivity (Wildman–Crippen MR) is 79.2 cm³/mol. The van der Waals surface area contributed by atoms with Gasteiger partial charge in [0.2, 0.25) is 5.78 Å². The van der Waals surface area contributed by atoms with Gasteiger partial charge in [0.25, 0.3) is 0 Å². The Labute approximate surface area is 122 Å². The fraction of sp³-hybridized carbons (Fsp3) is 0.0588.